The molecule has 3 aromatic carbocycles. The number of nitrogens with one attached hydrogen (secondary N) is 1. The maximum absolute atomic E-state index is 12.4. The normalized spacial score (nSPS) is 11.5. The lowest BCUT2D eigenvalue weighted by molar-refractivity contribution is -0.120. The fourth-order valence-electron chi connectivity index (χ4n) is 4.34. The Kier molecular flexibility index (Phi) is 8.49. The summed E-state index contributed by atoms with van der Waals surface area (Å²) in [5.41, 5.74) is 4.47. The number of amides is 1. The first-order valence-electron chi connectivity index (χ1n) is 12.9. The summed E-state index contributed by atoms with van der Waals surface area (Å²) in [5.74, 6) is 2.69. The second kappa shape index (κ2) is 12.0. The Labute approximate surface area is 219 Å². The molecule has 0 atom stereocenters. The van der Waals surface area contributed by atoms with Gasteiger partial charge in [-0.25, -0.2) is 4.98 Å². The van der Waals surface area contributed by atoms with Crippen LogP contribution in [-0.2, 0) is 29.6 Å². The first-order chi connectivity index (χ1) is 17.8. The molecule has 6 heteroatoms. The van der Waals surface area contributed by atoms with E-state index in [1.54, 1.807) is 7.11 Å². The SMILES string of the molecule is COc1ccc(CC(=O)NCCCc2nc3ccccc3n2CCOc2ccc(C(C)(C)C)cc2)cc1. The van der Waals surface area contributed by atoms with Crippen LogP contribution in [0.1, 0.15) is 44.1 Å². The first kappa shape index (κ1) is 26.3. The van der Waals surface area contributed by atoms with Crippen molar-refractivity contribution in [2.45, 2.75) is 52.0 Å². The smallest absolute Gasteiger partial charge is 0.224 e. The van der Waals surface area contributed by atoms with Crippen LogP contribution >= 0.6 is 0 Å². The minimum absolute atomic E-state index is 0.0181. The molecular weight excluding hydrogens is 462 g/mol. The van der Waals surface area contributed by atoms with E-state index in [0.717, 1.165) is 46.8 Å². The number of hydrogen-bond donors (Lipinski definition) is 1. The molecule has 0 radical (unpaired) electrons. The van der Waals surface area contributed by atoms with Gasteiger partial charge in [0.05, 0.1) is 31.1 Å². The summed E-state index contributed by atoms with van der Waals surface area (Å²) in [6.07, 6.45) is 1.95. The van der Waals surface area contributed by atoms with E-state index >= 15 is 0 Å². The van der Waals surface area contributed by atoms with Gasteiger partial charge in [0.1, 0.15) is 23.9 Å². The van der Waals surface area contributed by atoms with Crippen molar-refractivity contribution in [1.82, 2.24) is 14.9 Å². The molecule has 4 rings (SSSR count). The molecule has 0 bridgehead atoms. The predicted octanol–water partition coefficient (Wildman–Crippen LogP) is 5.71. The number of fused-ring (bicyclic) bond motifs is 1. The quantitative estimate of drug-likeness (QED) is 0.268. The van der Waals surface area contributed by atoms with Crippen LogP contribution in [0.5, 0.6) is 11.5 Å². The van der Waals surface area contributed by atoms with Gasteiger partial charge in [0.25, 0.3) is 0 Å². The van der Waals surface area contributed by atoms with Gasteiger partial charge in [-0.3, -0.25) is 4.79 Å². The number of aryl methyl sites for hydroxylation is 1. The molecule has 1 N–H and O–H groups in total. The third-order valence-corrected chi connectivity index (χ3v) is 6.46. The number of imidazole rings is 1. The number of carbonyl (C=O) groups is 1. The van der Waals surface area contributed by atoms with Gasteiger partial charge in [0.15, 0.2) is 0 Å². The Morgan fingerprint density at radius 2 is 1.65 bits per heavy atom. The molecule has 1 aromatic heterocycles. The van der Waals surface area contributed by atoms with E-state index < -0.39 is 0 Å². The predicted molar refractivity (Wildman–Crippen MR) is 148 cm³/mol. The topological polar surface area (TPSA) is 65.4 Å². The van der Waals surface area contributed by atoms with E-state index in [-0.39, 0.29) is 11.3 Å². The van der Waals surface area contributed by atoms with E-state index in [9.17, 15) is 4.79 Å². The summed E-state index contributed by atoms with van der Waals surface area (Å²) < 4.78 is 13.5. The van der Waals surface area contributed by atoms with Gasteiger partial charge in [0, 0.05) is 13.0 Å². The summed E-state index contributed by atoms with van der Waals surface area (Å²) in [7, 11) is 1.63. The number of nitrogens with zero attached hydrogens (tertiary/aromatic N) is 2. The molecule has 1 amide bonds. The van der Waals surface area contributed by atoms with Crippen LogP contribution in [-0.4, -0.2) is 35.7 Å². The monoisotopic (exact) mass is 499 g/mol. The Morgan fingerprint density at radius 3 is 2.35 bits per heavy atom. The van der Waals surface area contributed by atoms with Gasteiger partial charge in [-0.2, -0.15) is 0 Å². The number of carbonyl (C=O) groups excluding carboxylic acids is 1. The standard InChI is InChI=1S/C31H37N3O3/c1-31(2,3)24-13-17-26(18-14-24)37-21-20-34-28-9-6-5-8-27(28)33-29(34)10-7-19-32-30(35)22-23-11-15-25(36-4)16-12-23/h5-6,8-9,11-18H,7,10,19-22H2,1-4H3,(H,32,35). The average Bonchev–Trinajstić information content (AvgIpc) is 3.24. The van der Waals surface area contributed by atoms with Gasteiger partial charge in [-0.1, -0.05) is 57.2 Å². The van der Waals surface area contributed by atoms with E-state index in [4.69, 9.17) is 14.5 Å². The van der Waals surface area contributed by atoms with Crippen molar-refractivity contribution in [3.8, 4) is 11.5 Å². The van der Waals surface area contributed by atoms with Crippen molar-refractivity contribution in [3.05, 3.63) is 89.7 Å². The summed E-state index contributed by atoms with van der Waals surface area (Å²) in [6, 6.07) is 24.1. The Hall–Kier alpha value is -3.80. The van der Waals surface area contributed by atoms with Crippen LogP contribution in [0.25, 0.3) is 11.0 Å². The highest BCUT2D eigenvalue weighted by Gasteiger charge is 2.14. The Bertz CT molecular complexity index is 1300. The van der Waals surface area contributed by atoms with Crippen molar-refractivity contribution in [3.63, 3.8) is 0 Å². The van der Waals surface area contributed by atoms with Crippen LogP contribution in [0.3, 0.4) is 0 Å². The highest BCUT2D eigenvalue weighted by molar-refractivity contribution is 5.78. The minimum atomic E-state index is 0.0181. The maximum Gasteiger partial charge on any atom is 0.224 e. The number of methoxy groups -OCH3 is 1. The molecule has 0 aliphatic rings. The van der Waals surface area contributed by atoms with Crippen LogP contribution in [0.15, 0.2) is 72.8 Å². The van der Waals surface area contributed by atoms with Crippen molar-refractivity contribution < 1.29 is 14.3 Å². The zero-order valence-electron chi connectivity index (χ0n) is 22.3. The zero-order chi connectivity index (χ0) is 26.3. The third kappa shape index (κ3) is 7.13. The number of benzene rings is 3. The summed E-state index contributed by atoms with van der Waals surface area (Å²) in [6.45, 7) is 8.50. The molecule has 0 fully saturated rings. The Balaban J connectivity index is 1.30. The molecule has 4 aromatic rings. The summed E-state index contributed by atoms with van der Waals surface area (Å²) in [5, 5.41) is 3.03. The fourth-order valence-corrected chi connectivity index (χ4v) is 4.34. The molecule has 0 saturated carbocycles. The third-order valence-electron chi connectivity index (χ3n) is 6.46. The molecule has 0 aliphatic heterocycles. The Morgan fingerprint density at radius 1 is 0.946 bits per heavy atom. The zero-order valence-corrected chi connectivity index (χ0v) is 22.3. The van der Waals surface area contributed by atoms with E-state index in [0.29, 0.717) is 26.1 Å². The van der Waals surface area contributed by atoms with Gasteiger partial charge >= 0.3 is 0 Å². The number of rotatable bonds is 11. The van der Waals surface area contributed by atoms with Gasteiger partial charge < -0.3 is 19.4 Å². The molecule has 0 aliphatic carbocycles. The highest BCUT2D eigenvalue weighted by atomic mass is 16.5. The number of ether oxygens (including phenoxy) is 2. The average molecular weight is 500 g/mol. The molecule has 0 unspecified atom stereocenters. The van der Waals surface area contributed by atoms with Gasteiger partial charge in [-0.05, 0) is 59.4 Å². The van der Waals surface area contributed by atoms with E-state index in [2.05, 4.69) is 48.9 Å². The molecule has 6 nitrogen and oxygen atoms in total. The van der Waals surface area contributed by atoms with Gasteiger partial charge in [-0.15, -0.1) is 0 Å². The second-order valence-corrected chi connectivity index (χ2v) is 10.3. The molecule has 0 saturated heterocycles. The molecule has 194 valence electrons. The molecule has 0 spiro atoms. The maximum atomic E-state index is 12.4. The van der Waals surface area contributed by atoms with Crippen molar-refractivity contribution in [2.24, 2.45) is 0 Å². The van der Waals surface area contributed by atoms with Crippen molar-refractivity contribution in [1.29, 1.82) is 0 Å². The van der Waals surface area contributed by atoms with Crippen LogP contribution in [0, 0.1) is 0 Å². The summed E-state index contributed by atoms with van der Waals surface area (Å²) >= 11 is 0. The second-order valence-electron chi connectivity index (χ2n) is 10.3. The van der Waals surface area contributed by atoms with Crippen LogP contribution in [0.2, 0.25) is 0 Å². The summed E-state index contributed by atoms with van der Waals surface area (Å²) in [4.78, 5) is 17.2. The van der Waals surface area contributed by atoms with Crippen LogP contribution < -0.4 is 14.8 Å². The largest absolute Gasteiger partial charge is 0.497 e. The molecule has 37 heavy (non-hydrogen) atoms. The lowest BCUT2D eigenvalue weighted by Gasteiger charge is -2.19. The fraction of sp³-hybridized carbons (Fsp3) is 0.355. The van der Waals surface area contributed by atoms with E-state index in [1.165, 1.54) is 5.56 Å². The highest BCUT2D eigenvalue weighted by Crippen LogP contribution is 2.24. The van der Waals surface area contributed by atoms with E-state index in [1.807, 2.05) is 54.6 Å². The molecule has 1 heterocycles. The van der Waals surface area contributed by atoms with Crippen LogP contribution in [0.4, 0.5) is 0 Å². The number of aromatic nitrogens is 2. The molecular formula is C31H37N3O3. The number of para-hydroxylation sites is 2. The lowest BCUT2D eigenvalue weighted by atomic mass is 9.87. The van der Waals surface area contributed by atoms with Gasteiger partial charge in [0.2, 0.25) is 5.91 Å². The van der Waals surface area contributed by atoms with Crippen molar-refractivity contribution in [2.75, 3.05) is 20.3 Å². The van der Waals surface area contributed by atoms with Crippen molar-refractivity contribution >= 4 is 16.9 Å². The lowest BCUT2D eigenvalue weighted by Crippen LogP contribution is -2.26. The first-order valence-corrected chi connectivity index (χ1v) is 12.9. The number of hydrogen-bond acceptors (Lipinski definition) is 4. The minimum Gasteiger partial charge on any atom is -0.497 e.